The first-order valence-electron chi connectivity index (χ1n) is 5.72. The number of aromatic amines is 1. The van der Waals surface area contributed by atoms with Crippen LogP contribution in [0.25, 0.3) is 11.1 Å². The summed E-state index contributed by atoms with van der Waals surface area (Å²) < 4.78 is 4.91. The van der Waals surface area contributed by atoms with Crippen molar-refractivity contribution in [2.24, 2.45) is 5.92 Å². The van der Waals surface area contributed by atoms with Crippen LogP contribution >= 0.6 is 0 Å². The van der Waals surface area contributed by atoms with Gasteiger partial charge in [-0.25, -0.2) is 9.59 Å². The van der Waals surface area contributed by atoms with Crippen molar-refractivity contribution in [2.45, 2.75) is 13.8 Å². The van der Waals surface area contributed by atoms with Crippen molar-refractivity contribution < 1.29 is 9.21 Å². The molecular formula is C12H15N3O3. The maximum atomic E-state index is 11.5. The lowest BCUT2D eigenvalue weighted by Gasteiger charge is -2.09. The van der Waals surface area contributed by atoms with Crippen molar-refractivity contribution >= 4 is 22.8 Å². The topological polar surface area (TPSA) is 87.1 Å². The zero-order chi connectivity index (χ0) is 13.1. The van der Waals surface area contributed by atoms with Gasteiger partial charge < -0.3 is 15.1 Å². The number of anilines is 1. The molecule has 3 N–H and O–H groups in total. The summed E-state index contributed by atoms with van der Waals surface area (Å²) in [4.78, 5) is 25.0. The lowest BCUT2D eigenvalue weighted by Crippen LogP contribution is -2.31. The van der Waals surface area contributed by atoms with Crippen molar-refractivity contribution in [1.82, 2.24) is 10.3 Å². The number of carbonyl (C=O) groups is 1. The number of fused-ring (bicyclic) bond motifs is 1. The Morgan fingerprint density at radius 3 is 2.94 bits per heavy atom. The first-order chi connectivity index (χ1) is 8.54. The number of amides is 2. The van der Waals surface area contributed by atoms with Crippen LogP contribution in [0.2, 0.25) is 0 Å². The Morgan fingerprint density at radius 1 is 1.44 bits per heavy atom. The highest BCUT2D eigenvalue weighted by Gasteiger charge is 2.05. The van der Waals surface area contributed by atoms with Crippen LogP contribution in [0, 0.1) is 5.92 Å². The molecule has 6 heteroatoms. The van der Waals surface area contributed by atoms with Crippen LogP contribution in [0.3, 0.4) is 0 Å². The Kier molecular flexibility index (Phi) is 3.36. The van der Waals surface area contributed by atoms with Gasteiger partial charge in [0.15, 0.2) is 5.58 Å². The van der Waals surface area contributed by atoms with E-state index in [2.05, 4.69) is 15.6 Å². The van der Waals surface area contributed by atoms with E-state index in [1.165, 1.54) is 0 Å². The van der Waals surface area contributed by atoms with Gasteiger partial charge in [-0.1, -0.05) is 13.8 Å². The number of H-pyrrole nitrogens is 1. The van der Waals surface area contributed by atoms with Gasteiger partial charge in [0.1, 0.15) is 0 Å². The first-order valence-corrected chi connectivity index (χ1v) is 5.72. The molecule has 18 heavy (non-hydrogen) atoms. The fourth-order valence-corrected chi connectivity index (χ4v) is 1.50. The zero-order valence-corrected chi connectivity index (χ0v) is 10.2. The molecule has 1 aromatic carbocycles. The van der Waals surface area contributed by atoms with Crippen LogP contribution in [0.4, 0.5) is 10.5 Å². The number of hydrogen-bond donors (Lipinski definition) is 3. The summed E-state index contributed by atoms with van der Waals surface area (Å²) in [6.45, 7) is 4.63. The number of hydrogen-bond acceptors (Lipinski definition) is 3. The molecule has 0 radical (unpaired) electrons. The molecule has 96 valence electrons. The lowest BCUT2D eigenvalue weighted by molar-refractivity contribution is 0.251. The van der Waals surface area contributed by atoms with E-state index in [4.69, 9.17) is 4.42 Å². The maximum absolute atomic E-state index is 11.5. The van der Waals surface area contributed by atoms with E-state index >= 15 is 0 Å². The predicted molar refractivity (Wildman–Crippen MR) is 68.7 cm³/mol. The Balaban J connectivity index is 2.07. The quantitative estimate of drug-likeness (QED) is 0.776. The Labute approximate surface area is 103 Å². The van der Waals surface area contributed by atoms with E-state index in [1.54, 1.807) is 18.2 Å². The average molecular weight is 249 g/mol. The van der Waals surface area contributed by atoms with Crippen molar-refractivity contribution in [3.05, 3.63) is 28.7 Å². The summed E-state index contributed by atoms with van der Waals surface area (Å²) >= 11 is 0. The summed E-state index contributed by atoms with van der Waals surface area (Å²) in [6, 6.07) is 4.70. The van der Waals surface area contributed by atoms with Crippen molar-refractivity contribution in [1.29, 1.82) is 0 Å². The lowest BCUT2D eigenvalue weighted by atomic mass is 10.2. The largest absolute Gasteiger partial charge is 0.417 e. The van der Waals surface area contributed by atoms with Crippen LogP contribution in [-0.2, 0) is 0 Å². The van der Waals surface area contributed by atoms with E-state index in [9.17, 15) is 9.59 Å². The number of oxazole rings is 1. The molecule has 0 aliphatic heterocycles. The second-order valence-corrected chi connectivity index (χ2v) is 4.45. The number of rotatable bonds is 3. The standard InChI is InChI=1S/C12H15N3O3/c1-7(2)6-13-11(16)14-8-3-4-9-10(5-8)18-12(17)15-9/h3-5,7H,6H2,1-2H3,(H,15,17)(H2,13,14,16). The molecule has 0 spiro atoms. The van der Waals surface area contributed by atoms with E-state index in [0.717, 1.165) is 0 Å². The van der Waals surface area contributed by atoms with Crippen molar-refractivity contribution in [3.63, 3.8) is 0 Å². The van der Waals surface area contributed by atoms with E-state index in [0.29, 0.717) is 29.2 Å². The van der Waals surface area contributed by atoms with Gasteiger partial charge in [-0.05, 0) is 18.1 Å². The van der Waals surface area contributed by atoms with Crippen molar-refractivity contribution in [2.75, 3.05) is 11.9 Å². The summed E-state index contributed by atoms with van der Waals surface area (Å²) in [5, 5.41) is 5.41. The van der Waals surface area contributed by atoms with Gasteiger partial charge in [0.05, 0.1) is 5.52 Å². The monoisotopic (exact) mass is 249 g/mol. The molecule has 0 bridgehead atoms. The van der Waals surface area contributed by atoms with Gasteiger partial charge in [-0.15, -0.1) is 0 Å². The first kappa shape index (κ1) is 12.2. The molecule has 0 saturated heterocycles. The van der Waals surface area contributed by atoms with Crippen LogP contribution < -0.4 is 16.4 Å². The molecule has 0 aliphatic rings. The molecule has 0 atom stereocenters. The Morgan fingerprint density at radius 2 is 2.22 bits per heavy atom. The van der Waals surface area contributed by atoms with Crippen LogP contribution in [0.5, 0.6) is 0 Å². The highest BCUT2D eigenvalue weighted by molar-refractivity contribution is 5.91. The molecular weight excluding hydrogens is 234 g/mol. The van der Waals surface area contributed by atoms with Gasteiger partial charge in [-0.2, -0.15) is 0 Å². The number of benzene rings is 1. The minimum Gasteiger partial charge on any atom is -0.408 e. The summed E-state index contributed by atoms with van der Waals surface area (Å²) in [5.74, 6) is -0.118. The van der Waals surface area contributed by atoms with Gasteiger partial charge in [0.2, 0.25) is 0 Å². The highest BCUT2D eigenvalue weighted by atomic mass is 16.4. The van der Waals surface area contributed by atoms with Crippen LogP contribution in [-0.4, -0.2) is 17.6 Å². The maximum Gasteiger partial charge on any atom is 0.417 e. The number of nitrogens with one attached hydrogen (secondary N) is 3. The minimum atomic E-state index is -0.508. The van der Waals surface area contributed by atoms with E-state index in [-0.39, 0.29) is 6.03 Å². The number of carbonyl (C=O) groups excluding carboxylic acids is 1. The summed E-state index contributed by atoms with van der Waals surface area (Å²) in [5.41, 5.74) is 1.60. The smallest absolute Gasteiger partial charge is 0.408 e. The average Bonchev–Trinajstić information content (AvgIpc) is 2.66. The third kappa shape index (κ3) is 2.91. The van der Waals surface area contributed by atoms with Gasteiger partial charge in [0, 0.05) is 18.3 Å². The van der Waals surface area contributed by atoms with Gasteiger partial charge in [0.25, 0.3) is 0 Å². The molecule has 2 aromatic rings. The van der Waals surface area contributed by atoms with Gasteiger partial charge >= 0.3 is 11.8 Å². The molecule has 2 amide bonds. The molecule has 0 unspecified atom stereocenters. The third-order valence-corrected chi connectivity index (χ3v) is 2.35. The summed E-state index contributed by atoms with van der Waals surface area (Å²) in [7, 11) is 0. The molecule has 0 fully saturated rings. The van der Waals surface area contributed by atoms with Crippen molar-refractivity contribution in [3.8, 4) is 0 Å². The number of urea groups is 1. The third-order valence-electron chi connectivity index (χ3n) is 2.35. The normalized spacial score (nSPS) is 10.8. The summed E-state index contributed by atoms with van der Waals surface area (Å²) in [6.07, 6.45) is 0. The second kappa shape index (κ2) is 4.95. The predicted octanol–water partition coefficient (Wildman–Crippen LogP) is 1.90. The second-order valence-electron chi connectivity index (χ2n) is 4.45. The Hall–Kier alpha value is -2.24. The van der Waals surface area contributed by atoms with Crippen LogP contribution in [0.15, 0.2) is 27.4 Å². The van der Waals surface area contributed by atoms with Gasteiger partial charge in [-0.3, -0.25) is 4.98 Å². The number of aromatic nitrogens is 1. The fourth-order valence-electron chi connectivity index (χ4n) is 1.50. The van der Waals surface area contributed by atoms with E-state index < -0.39 is 5.76 Å². The zero-order valence-electron chi connectivity index (χ0n) is 10.2. The van der Waals surface area contributed by atoms with E-state index in [1.807, 2.05) is 13.8 Å². The molecule has 2 rings (SSSR count). The molecule has 6 nitrogen and oxygen atoms in total. The molecule has 0 aliphatic carbocycles. The molecule has 1 heterocycles. The Bertz CT molecular complexity index is 612. The molecule has 0 saturated carbocycles. The minimum absolute atomic E-state index is 0.277. The fraction of sp³-hybridized carbons (Fsp3) is 0.333. The highest BCUT2D eigenvalue weighted by Crippen LogP contribution is 2.15. The van der Waals surface area contributed by atoms with Crippen LogP contribution in [0.1, 0.15) is 13.8 Å². The SMILES string of the molecule is CC(C)CNC(=O)Nc1ccc2[nH]c(=O)oc2c1. The molecule has 1 aromatic heterocycles.